The van der Waals surface area contributed by atoms with Crippen molar-refractivity contribution in [2.24, 2.45) is 13.0 Å². The second kappa shape index (κ2) is 6.88. The summed E-state index contributed by atoms with van der Waals surface area (Å²) in [5, 5.41) is 7.71. The molecular weight excluding hydrogens is 318 g/mol. The van der Waals surface area contributed by atoms with Gasteiger partial charge in [-0.05, 0) is 18.1 Å². The summed E-state index contributed by atoms with van der Waals surface area (Å²) in [7, 11) is 1.80. The first-order chi connectivity index (χ1) is 12.0. The standard InChI is InChI=1S/C18H21N5O2/c1-12(2)17(18-19-11-20-22(18)3)21-16(25)10-23-9-8-15(24)13-6-4-5-7-14(13)23/h4-9,11-12,17H,10H2,1-3H3,(H,21,25)/t17-/m0/s1. The summed E-state index contributed by atoms with van der Waals surface area (Å²) in [6.45, 7) is 4.17. The van der Waals surface area contributed by atoms with Crippen molar-refractivity contribution in [2.75, 3.05) is 0 Å². The second-order valence-electron chi connectivity index (χ2n) is 6.36. The van der Waals surface area contributed by atoms with Gasteiger partial charge in [-0.2, -0.15) is 5.10 Å². The van der Waals surface area contributed by atoms with Gasteiger partial charge in [-0.3, -0.25) is 14.3 Å². The van der Waals surface area contributed by atoms with Gasteiger partial charge in [0.2, 0.25) is 5.91 Å². The summed E-state index contributed by atoms with van der Waals surface area (Å²) in [5.41, 5.74) is 0.691. The molecule has 2 aromatic heterocycles. The lowest BCUT2D eigenvalue weighted by Crippen LogP contribution is -2.36. The van der Waals surface area contributed by atoms with Crippen molar-refractivity contribution in [3.63, 3.8) is 0 Å². The fourth-order valence-corrected chi connectivity index (χ4v) is 2.89. The van der Waals surface area contributed by atoms with Crippen LogP contribution >= 0.6 is 0 Å². The van der Waals surface area contributed by atoms with Crippen LogP contribution in [0.3, 0.4) is 0 Å². The van der Waals surface area contributed by atoms with Crippen molar-refractivity contribution in [2.45, 2.75) is 26.4 Å². The lowest BCUT2D eigenvalue weighted by Gasteiger charge is -2.22. The maximum Gasteiger partial charge on any atom is 0.240 e. The second-order valence-corrected chi connectivity index (χ2v) is 6.36. The van der Waals surface area contributed by atoms with Crippen LogP contribution < -0.4 is 10.7 Å². The van der Waals surface area contributed by atoms with Crippen LogP contribution in [0.2, 0.25) is 0 Å². The number of pyridine rings is 1. The van der Waals surface area contributed by atoms with E-state index in [2.05, 4.69) is 15.4 Å². The summed E-state index contributed by atoms with van der Waals surface area (Å²) < 4.78 is 3.44. The van der Waals surface area contributed by atoms with E-state index in [9.17, 15) is 9.59 Å². The molecule has 2 heterocycles. The van der Waals surface area contributed by atoms with Crippen LogP contribution in [0.15, 0.2) is 47.7 Å². The zero-order valence-corrected chi connectivity index (χ0v) is 14.5. The number of aryl methyl sites for hydroxylation is 1. The van der Waals surface area contributed by atoms with Crippen LogP contribution in [0.5, 0.6) is 0 Å². The molecule has 1 aromatic carbocycles. The Morgan fingerprint density at radius 1 is 1.24 bits per heavy atom. The van der Waals surface area contributed by atoms with Gasteiger partial charge in [0.05, 0.1) is 11.6 Å². The van der Waals surface area contributed by atoms with E-state index in [0.717, 1.165) is 5.52 Å². The van der Waals surface area contributed by atoms with Gasteiger partial charge >= 0.3 is 0 Å². The molecule has 1 atom stereocenters. The van der Waals surface area contributed by atoms with E-state index in [1.54, 1.807) is 28.6 Å². The van der Waals surface area contributed by atoms with Gasteiger partial charge in [-0.1, -0.05) is 26.0 Å². The molecule has 0 fully saturated rings. The Morgan fingerprint density at radius 2 is 2.00 bits per heavy atom. The van der Waals surface area contributed by atoms with E-state index in [1.807, 2.05) is 32.0 Å². The first-order valence-corrected chi connectivity index (χ1v) is 8.19. The predicted molar refractivity (Wildman–Crippen MR) is 94.9 cm³/mol. The van der Waals surface area contributed by atoms with Gasteiger partial charge in [-0.25, -0.2) is 4.98 Å². The Bertz CT molecular complexity index is 957. The molecule has 130 valence electrons. The molecule has 3 rings (SSSR count). The molecule has 1 amide bonds. The smallest absolute Gasteiger partial charge is 0.240 e. The van der Waals surface area contributed by atoms with Crippen molar-refractivity contribution >= 4 is 16.8 Å². The highest BCUT2D eigenvalue weighted by atomic mass is 16.2. The third-order valence-electron chi connectivity index (χ3n) is 4.21. The molecule has 0 bridgehead atoms. The maximum atomic E-state index is 12.6. The van der Waals surface area contributed by atoms with E-state index in [4.69, 9.17) is 0 Å². The van der Waals surface area contributed by atoms with Crippen LogP contribution in [0, 0.1) is 5.92 Å². The van der Waals surface area contributed by atoms with Gasteiger partial charge in [0, 0.05) is 24.7 Å². The molecule has 25 heavy (non-hydrogen) atoms. The topological polar surface area (TPSA) is 81.8 Å². The Labute approximate surface area is 145 Å². The van der Waals surface area contributed by atoms with Crippen LogP contribution in [0.1, 0.15) is 25.7 Å². The number of carbonyl (C=O) groups is 1. The van der Waals surface area contributed by atoms with E-state index in [-0.39, 0.29) is 29.8 Å². The normalized spacial score (nSPS) is 12.5. The number of hydrogen-bond donors (Lipinski definition) is 1. The molecule has 7 heteroatoms. The van der Waals surface area contributed by atoms with Crippen molar-refractivity contribution < 1.29 is 4.79 Å². The molecule has 0 aliphatic heterocycles. The first kappa shape index (κ1) is 16.9. The third kappa shape index (κ3) is 3.45. The number of nitrogens with one attached hydrogen (secondary N) is 1. The molecule has 0 unspecified atom stereocenters. The SMILES string of the molecule is CC(C)[C@H](NC(=O)Cn1ccc(=O)c2ccccc21)c1ncnn1C. The molecule has 0 saturated carbocycles. The number of amides is 1. The van der Waals surface area contributed by atoms with E-state index >= 15 is 0 Å². The van der Waals surface area contributed by atoms with Crippen molar-refractivity contribution in [3.05, 3.63) is 58.9 Å². The lowest BCUT2D eigenvalue weighted by atomic mass is 10.0. The summed E-state index contributed by atoms with van der Waals surface area (Å²) in [6.07, 6.45) is 3.13. The largest absolute Gasteiger partial charge is 0.344 e. The maximum absolute atomic E-state index is 12.6. The molecule has 7 nitrogen and oxygen atoms in total. The van der Waals surface area contributed by atoms with Gasteiger partial charge < -0.3 is 9.88 Å². The van der Waals surface area contributed by atoms with Crippen LogP contribution in [-0.2, 0) is 18.4 Å². The summed E-state index contributed by atoms with van der Waals surface area (Å²) >= 11 is 0. The third-order valence-corrected chi connectivity index (χ3v) is 4.21. The fraction of sp³-hybridized carbons (Fsp3) is 0.333. The molecule has 0 saturated heterocycles. The summed E-state index contributed by atoms with van der Waals surface area (Å²) in [6, 6.07) is 8.53. The number of rotatable bonds is 5. The quantitative estimate of drug-likeness (QED) is 0.766. The minimum Gasteiger partial charge on any atom is -0.344 e. The predicted octanol–water partition coefficient (Wildman–Crippen LogP) is 1.64. The zero-order chi connectivity index (χ0) is 18.0. The summed E-state index contributed by atoms with van der Waals surface area (Å²) in [5.74, 6) is 0.737. The average Bonchev–Trinajstić information content (AvgIpc) is 3.01. The lowest BCUT2D eigenvalue weighted by molar-refractivity contribution is -0.122. The van der Waals surface area contributed by atoms with Gasteiger partial charge in [0.25, 0.3) is 0 Å². The molecule has 0 spiro atoms. The van der Waals surface area contributed by atoms with Crippen LogP contribution in [-0.4, -0.2) is 25.2 Å². The highest BCUT2D eigenvalue weighted by Crippen LogP contribution is 2.19. The van der Waals surface area contributed by atoms with Gasteiger partial charge in [-0.15, -0.1) is 0 Å². The monoisotopic (exact) mass is 339 g/mol. The molecule has 0 aliphatic carbocycles. The number of carbonyl (C=O) groups excluding carboxylic acids is 1. The average molecular weight is 339 g/mol. The number of aromatic nitrogens is 4. The van der Waals surface area contributed by atoms with Crippen LogP contribution in [0.4, 0.5) is 0 Å². The molecule has 0 aliphatic rings. The number of benzene rings is 1. The van der Waals surface area contributed by atoms with Gasteiger partial charge in [0.1, 0.15) is 18.7 Å². The number of hydrogen-bond acceptors (Lipinski definition) is 4. The minimum atomic E-state index is -0.231. The highest BCUT2D eigenvalue weighted by molar-refractivity contribution is 5.82. The molecule has 1 N–H and O–H groups in total. The Morgan fingerprint density at radius 3 is 2.68 bits per heavy atom. The molecular formula is C18H21N5O2. The van der Waals surface area contributed by atoms with E-state index < -0.39 is 0 Å². The Balaban J connectivity index is 1.84. The van der Waals surface area contributed by atoms with Gasteiger partial charge in [0.15, 0.2) is 5.43 Å². The Hall–Kier alpha value is -2.96. The van der Waals surface area contributed by atoms with Crippen LogP contribution in [0.25, 0.3) is 10.9 Å². The zero-order valence-electron chi connectivity index (χ0n) is 14.5. The van der Waals surface area contributed by atoms with E-state index in [1.165, 1.54) is 12.4 Å². The summed E-state index contributed by atoms with van der Waals surface area (Å²) in [4.78, 5) is 28.8. The number of fused-ring (bicyclic) bond motifs is 1. The number of nitrogens with zero attached hydrogens (tertiary/aromatic N) is 4. The van der Waals surface area contributed by atoms with Crippen molar-refractivity contribution in [1.29, 1.82) is 0 Å². The van der Waals surface area contributed by atoms with E-state index in [0.29, 0.717) is 11.2 Å². The Kier molecular flexibility index (Phi) is 4.65. The van der Waals surface area contributed by atoms with Crippen molar-refractivity contribution in [3.8, 4) is 0 Å². The van der Waals surface area contributed by atoms with Crippen molar-refractivity contribution in [1.82, 2.24) is 24.6 Å². The number of para-hydroxylation sites is 1. The highest BCUT2D eigenvalue weighted by Gasteiger charge is 2.22. The first-order valence-electron chi connectivity index (χ1n) is 8.19. The molecule has 0 radical (unpaired) electrons. The fourth-order valence-electron chi connectivity index (χ4n) is 2.89. The minimum absolute atomic E-state index is 0.0496. The molecule has 3 aromatic rings.